The predicted octanol–water partition coefficient (Wildman–Crippen LogP) is 4.68. The molecule has 0 saturated heterocycles. The molecule has 2 aromatic rings. The van der Waals surface area contributed by atoms with E-state index in [1.54, 1.807) is 6.07 Å². The molecule has 1 amide bonds. The first kappa shape index (κ1) is 24.5. The number of carbonyl (C=O) groups excluding carboxylic acids is 1. The zero-order valence-electron chi connectivity index (χ0n) is 17.6. The molecule has 0 fully saturated rings. The van der Waals surface area contributed by atoms with Crippen molar-refractivity contribution in [3.05, 3.63) is 59.9 Å². The fourth-order valence-corrected chi connectivity index (χ4v) is 6.71. The molecule has 0 aliphatic rings. The minimum absolute atomic E-state index is 0.222. The zero-order chi connectivity index (χ0) is 22.8. The van der Waals surface area contributed by atoms with Crippen LogP contribution in [0.3, 0.4) is 0 Å². The molecule has 0 aromatic heterocycles. The number of hydrogen-bond acceptors (Lipinski definition) is 3. The van der Waals surface area contributed by atoms with Crippen LogP contribution >= 0.6 is 15.0 Å². The van der Waals surface area contributed by atoms with Crippen LogP contribution in [0.2, 0.25) is 0 Å². The molecule has 0 bridgehead atoms. The smallest absolute Gasteiger partial charge is 0.335 e. The fourth-order valence-electron chi connectivity index (χ4n) is 3.58. The van der Waals surface area contributed by atoms with Gasteiger partial charge in [0.25, 0.3) is 5.91 Å². The largest absolute Gasteiger partial charge is 0.347 e. The van der Waals surface area contributed by atoms with Crippen molar-refractivity contribution in [2.45, 2.75) is 39.7 Å². The van der Waals surface area contributed by atoms with Gasteiger partial charge in [0, 0.05) is 11.1 Å². The summed E-state index contributed by atoms with van der Waals surface area (Å²) in [6.45, 7) is 7.36. The van der Waals surface area contributed by atoms with E-state index in [1.165, 1.54) is 6.08 Å². The Morgan fingerprint density at radius 2 is 1.60 bits per heavy atom. The van der Waals surface area contributed by atoms with Gasteiger partial charge in [0.05, 0.1) is 0 Å². The van der Waals surface area contributed by atoms with Crippen molar-refractivity contribution in [1.82, 2.24) is 5.32 Å². The lowest BCUT2D eigenvalue weighted by Crippen LogP contribution is -2.46. The van der Waals surface area contributed by atoms with Gasteiger partial charge in [-0.15, -0.1) is 0 Å². The molecule has 4 N–H and O–H groups in total. The number of carbonyl (C=O) groups is 1. The van der Waals surface area contributed by atoms with E-state index in [1.807, 2.05) is 64.1 Å². The predicted molar refractivity (Wildman–Crippen MR) is 120 cm³/mol. The second-order valence-corrected chi connectivity index (χ2v) is 13.2. The highest BCUT2D eigenvalue weighted by Crippen LogP contribution is 2.56. The van der Waals surface area contributed by atoms with Crippen molar-refractivity contribution in [1.29, 1.82) is 0 Å². The molecular weight excluding hydrogens is 424 g/mol. The maximum Gasteiger partial charge on any atom is 0.335 e. The average Bonchev–Trinajstić information content (AvgIpc) is 2.56. The normalized spacial score (nSPS) is 15.3. The molecule has 1 atom stereocenters. The molecule has 2 rings (SSSR count). The summed E-state index contributed by atoms with van der Waals surface area (Å²) in [6, 6.07) is 13.3. The van der Waals surface area contributed by atoms with E-state index in [0.29, 0.717) is 12.0 Å². The van der Waals surface area contributed by atoms with E-state index in [2.05, 4.69) is 5.32 Å². The Hall–Kier alpha value is -1.75. The van der Waals surface area contributed by atoms with Crippen LogP contribution in [0.5, 0.6) is 0 Å². The zero-order valence-corrected chi connectivity index (χ0v) is 19.4. The summed E-state index contributed by atoms with van der Waals surface area (Å²) in [6.07, 6.45) is 1.92. The lowest BCUT2D eigenvalue weighted by atomic mass is 9.80. The Bertz CT molecular complexity index is 1050. The number of fused-ring (bicyclic) bond motifs is 1. The number of hydrogen-bond donors (Lipinski definition) is 4. The van der Waals surface area contributed by atoms with Crippen LogP contribution in [0.4, 0.5) is 0 Å². The third kappa shape index (κ3) is 7.82. The highest BCUT2D eigenvalue weighted by Gasteiger charge is 2.31. The number of amides is 1. The molecule has 7 nitrogen and oxygen atoms in total. The Labute approximate surface area is 176 Å². The van der Waals surface area contributed by atoms with Crippen LogP contribution in [0, 0.1) is 5.41 Å². The molecule has 2 aromatic carbocycles. The molecule has 9 heteroatoms. The van der Waals surface area contributed by atoms with E-state index in [-0.39, 0.29) is 5.91 Å². The summed E-state index contributed by atoms with van der Waals surface area (Å²) < 4.78 is 23.0. The van der Waals surface area contributed by atoms with E-state index in [9.17, 15) is 18.8 Å². The number of allylic oxidation sites excluding steroid dienone is 1. The highest BCUT2D eigenvalue weighted by molar-refractivity contribution is 7.74. The molecule has 1 unspecified atom stereocenters. The first-order valence-electron chi connectivity index (χ1n) is 9.45. The van der Waals surface area contributed by atoms with Crippen molar-refractivity contribution < 1.29 is 28.6 Å². The third-order valence-electron chi connectivity index (χ3n) is 4.51. The number of benzene rings is 2. The Balaban J connectivity index is 2.10. The first-order valence-corrected chi connectivity index (χ1v) is 13.2. The summed E-state index contributed by atoms with van der Waals surface area (Å²) in [5, 5.41) is 5.01. The van der Waals surface area contributed by atoms with E-state index >= 15 is 0 Å². The minimum atomic E-state index is -4.60. The highest BCUT2D eigenvalue weighted by atomic mass is 31.2. The van der Waals surface area contributed by atoms with Gasteiger partial charge in [0.2, 0.25) is 7.37 Å². The Kier molecular flexibility index (Phi) is 7.17. The van der Waals surface area contributed by atoms with Crippen LogP contribution in [0.25, 0.3) is 10.8 Å². The Morgan fingerprint density at radius 1 is 1.00 bits per heavy atom. The van der Waals surface area contributed by atoms with Crippen molar-refractivity contribution in [3.63, 3.8) is 0 Å². The number of nitrogens with one attached hydrogen (secondary N) is 1. The van der Waals surface area contributed by atoms with Crippen molar-refractivity contribution in [2.24, 2.45) is 5.41 Å². The van der Waals surface area contributed by atoms with Gasteiger partial charge in [-0.1, -0.05) is 50.3 Å². The molecule has 0 saturated carbocycles. The van der Waals surface area contributed by atoms with Crippen LogP contribution in [0.15, 0.2) is 54.4 Å². The fraction of sp³-hybridized carbons (Fsp3) is 0.381. The van der Waals surface area contributed by atoms with Crippen LogP contribution in [0.1, 0.15) is 44.5 Å². The van der Waals surface area contributed by atoms with Crippen LogP contribution in [-0.4, -0.2) is 32.0 Å². The van der Waals surface area contributed by atoms with Gasteiger partial charge in [0.15, 0.2) is 0 Å². The molecular formula is C21H29NO6P2. The van der Waals surface area contributed by atoms with Crippen molar-refractivity contribution in [2.75, 3.05) is 5.90 Å². The second kappa shape index (κ2) is 8.78. The molecule has 0 heterocycles. The average molecular weight is 453 g/mol. The van der Waals surface area contributed by atoms with Gasteiger partial charge in [-0.25, -0.2) is 0 Å². The van der Waals surface area contributed by atoms with E-state index < -0.39 is 31.8 Å². The van der Waals surface area contributed by atoms with Gasteiger partial charge in [-0.3, -0.25) is 13.9 Å². The third-order valence-corrected chi connectivity index (χ3v) is 8.22. The molecule has 0 aliphatic carbocycles. The summed E-state index contributed by atoms with van der Waals surface area (Å²) in [7, 11) is -8.71. The van der Waals surface area contributed by atoms with Gasteiger partial charge < -0.3 is 20.0 Å². The van der Waals surface area contributed by atoms with Gasteiger partial charge in [-0.2, -0.15) is 0 Å². The first-order chi connectivity index (χ1) is 13.6. The lowest BCUT2D eigenvalue weighted by molar-refractivity contribution is 0.0896. The monoisotopic (exact) mass is 453 g/mol. The summed E-state index contributed by atoms with van der Waals surface area (Å²) >= 11 is 0. The van der Waals surface area contributed by atoms with Crippen LogP contribution in [-0.2, 0) is 9.13 Å². The molecule has 0 spiro atoms. The lowest BCUT2D eigenvalue weighted by Gasteiger charge is -2.34. The van der Waals surface area contributed by atoms with Gasteiger partial charge in [0.1, 0.15) is 5.90 Å². The topological polar surface area (TPSA) is 124 Å². The van der Waals surface area contributed by atoms with Gasteiger partial charge >= 0.3 is 7.60 Å². The Morgan fingerprint density at radius 3 is 2.20 bits per heavy atom. The minimum Gasteiger partial charge on any atom is -0.347 e. The van der Waals surface area contributed by atoms with Crippen molar-refractivity contribution >= 4 is 31.6 Å². The summed E-state index contributed by atoms with van der Waals surface area (Å²) in [4.78, 5) is 40.4. The SMILES string of the molecule is CC(C)(/C=C/P(=O)(O)CP(=O)(O)O)CC(C)(C)NC(=O)c1ccc2ccccc2c1. The van der Waals surface area contributed by atoms with E-state index in [0.717, 1.165) is 16.6 Å². The quantitative estimate of drug-likeness (QED) is 0.430. The molecule has 164 valence electrons. The standard InChI is InChI=1S/C21H29NO6P2/c1-20(2,11-12-29(24,25)15-30(26,27)28)14-21(3,4)22-19(23)18-10-9-16-7-5-6-8-17(16)13-18/h5-13H,14-15H2,1-4H3,(H,22,23)(H,24,25)(H2,26,27,28)/b12-11+. The number of rotatable bonds is 8. The summed E-state index contributed by atoms with van der Waals surface area (Å²) in [5.74, 6) is -0.331. The molecule has 0 aliphatic heterocycles. The van der Waals surface area contributed by atoms with Gasteiger partial charge in [-0.05, 0) is 54.4 Å². The van der Waals surface area contributed by atoms with Crippen molar-refractivity contribution in [3.8, 4) is 0 Å². The maximum absolute atomic E-state index is 12.8. The van der Waals surface area contributed by atoms with E-state index in [4.69, 9.17) is 9.79 Å². The summed E-state index contributed by atoms with van der Waals surface area (Å²) in [5.41, 5.74) is -0.705. The molecule has 30 heavy (non-hydrogen) atoms. The second-order valence-electron chi connectivity index (χ2n) is 8.94. The molecule has 0 radical (unpaired) electrons. The maximum atomic E-state index is 12.8. The van der Waals surface area contributed by atoms with Crippen LogP contribution < -0.4 is 5.32 Å².